The maximum Gasteiger partial charge on any atom is 0.320 e. The Morgan fingerprint density at radius 3 is 2.21 bits per heavy atom. The molecule has 7 nitrogen and oxygen atoms in total. The summed E-state index contributed by atoms with van der Waals surface area (Å²) in [6, 6.07) is -0.423. The molecule has 7 heteroatoms. The summed E-state index contributed by atoms with van der Waals surface area (Å²) >= 11 is 0. The average molecular weight is 341 g/mol. The van der Waals surface area contributed by atoms with Crippen LogP contribution >= 0.6 is 0 Å². The van der Waals surface area contributed by atoms with Gasteiger partial charge in [0.2, 0.25) is 11.8 Å². The van der Waals surface area contributed by atoms with Crippen LogP contribution in [0, 0.1) is 0 Å². The molecule has 2 N–H and O–H groups in total. The van der Waals surface area contributed by atoms with Crippen molar-refractivity contribution in [3.05, 3.63) is 0 Å². The minimum atomic E-state index is -0.970. The number of carboxylic acids is 1. The third-order valence-electron chi connectivity index (χ3n) is 4.58. The molecule has 1 aliphatic rings. The second-order valence-corrected chi connectivity index (χ2v) is 6.80. The Bertz CT molecular complexity index is 447. The van der Waals surface area contributed by atoms with Crippen molar-refractivity contribution in [1.82, 2.24) is 15.1 Å². The van der Waals surface area contributed by atoms with Crippen LogP contribution in [0.15, 0.2) is 0 Å². The summed E-state index contributed by atoms with van der Waals surface area (Å²) < 4.78 is 0. The number of nitrogens with zero attached hydrogens (tertiary/aromatic N) is 2. The van der Waals surface area contributed by atoms with E-state index in [1.807, 2.05) is 18.7 Å². The lowest BCUT2D eigenvalue weighted by Crippen LogP contribution is -2.52. The summed E-state index contributed by atoms with van der Waals surface area (Å²) in [5.74, 6) is -1.17. The number of hydrogen-bond donors (Lipinski definition) is 2. The SMILES string of the molecule is CC(=O)NCCN(CC(=O)N(C(C)C)C1CCCC1)C(C)C(=O)O. The Labute approximate surface area is 144 Å². The van der Waals surface area contributed by atoms with Crippen LogP contribution < -0.4 is 5.32 Å². The zero-order chi connectivity index (χ0) is 18.3. The molecular weight excluding hydrogens is 310 g/mol. The standard InChI is InChI=1S/C17H31N3O4/c1-12(2)20(15-7-5-6-8-15)16(22)11-19(13(3)17(23)24)10-9-18-14(4)21/h12-13,15H,5-11H2,1-4H3,(H,18,21)(H,23,24). The summed E-state index contributed by atoms with van der Waals surface area (Å²) in [7, 11) is 0. The predicted molar refractivity (Wildman–Crippen MR) is 91.6 cm³/mol. The molecule has 2 amide bonds. The Kier molecular flexibility index (Phi) is 8.18. The van der Waals surface area contributed by atoms with E-state index in [1.165, 1.54) is 6.92 Å². The van der Waals surface area contributed by atoms with Gasteiger partial charge in [0.05, 0.1) is 6.54 Å². The molecule has 0 aromatic carbocycles. The molecule has 0 radical (unpaired) electrons. The zero-order valence-corrected chi connectivity index (χ0v) is 15.2. The molecule has 1 atom stereocenters. The molecule has 24 heavy (non-hydrogen) atoms. The number of hydrogen-bond acceptors (Lipinski definition) is 4. The highest BCUT2D eigenvalue weighted by Crippen LogP contribution is 2.25. The van der Waals surface area contributed by atoms with E-state index in [-0.39, 0.29) is 30.4 Å². The van der Waals surface area contributed by atoms with Crippen LogP contribution in [0.5, 0.6) is 0 Å². The van der Waals surface area contributed by atoms with Crippen LogP contribution in [-0.4, -0.2) is 70.4 Å². The van der Waals surface area contributed by atoms with Crippen molar-refractivity contribution in [3.63, 3.8) is 0 Å². The van der Waals surface area contributed by atoms with Crippen molar-refractivity contribution < 1.29 is 19.5 Å². The van der Waals surface area contributed by atoms with Gasteiger partial charge in [0, 0.05) is 32.1 Å². The summed E-state index contributed by atoms with van der Waals surface area (Å²) in [5.41, 5.74) is 0. The third-order valence-corrected chi connectivity index (χ3v) is 4.58. The Morgan fingerprint density at radius 2 is 1.75 bits per heavy atom. The van der Waals surface area contributed by atoms with E-state index < -0.39 is 12.0 Å². The van der Waals surface area contributed by atoms with Gasteiger partial charge >= 0.3 is 5.97 Å². The fourth-order valence-corrected chi connectivity index (χ4v) is 3.29. The highest BCUT2D eigenvalue weighted by Gasteiger charge is 2.31. The van der Waals surface area contributed by atoms with Gasteiger partial charge in [0.1, 0.15) is 6.04 Å². The van der Waals surface area contributed by atoms with Crippen molar-refractivity contribution >= 4 is 17.8 Å². The van der Waals surface area contributed by atoms with Crippen molar-refractivity contribution in [2.24, 2.45) is 0 Å². The lowest BCUT2D eigenvalue weighted by molar-refractivity contribution is -0.145. The first kappa shape index (κ1) is 20.4. The van der Waals surface area contributed by atoms with E-state index in [2.05, 4.69) is 5.32 Å². The van der Waals surface area contributed by atoms with Gasteiger partial charge in [-0.25, -0.2) is 0 Å². The minimum Gasteiger partial charge on any atom is -0.480 e. The molecule has 0 bridgehead atoms. The van der Waals surface area contributed by atoms with Crippen LogP contribution in [0.1, 0.15) is 53.4 Å². The summed E-state index contributed by atoms with van der Waals surface area (Å²) in [5, 5.41) is 11.9. The molecule has 0 aromatic heterocycles. The van der Waals surface area contributed by atoms with Gasteiger partial charge in [-0.3, -0.25) is 19.3 Å². The number of aliphatic carboxylic acids is 1. The van der Waals surface area contributed by atoms with Gasteiger partial charge in [-0.05, 0) is 33.6 Å². The summed E-state index contributed by atoms with van der Waals surface area (Å²) in [6.07, 6.45) is 4.31. The number of amides is 2. The fourth-order valence-electron chi connectivity index (χ4n) is 3.29. The van der Waals surface area contributed by atoms with E-state index in [4.69, 9.17) is 0 Å². The second kappa shape index (κ2) is 9.61. The van der Waals surface area contributed by atoms with Crippen LogP contribution in [0.2, 0.25) is 0 Å². The van der Waals surface area contributed by atoms with E-state index in [9.17, 15) is 19.5 Å². The van der Waals surface area contributed by atoms with Gasteiger partial charge in [-0.15, -0.1) is 0 Å². The van der Waals surface area contributed by atoms with Crippen molar-refractivity contribution in [3.8, 4) is 0 Å². The molecular formula is C17H31N3O4. The van der Waals surface area contributed by atoms with Crippen molar-refractivity contribution in [1.29, 1.82) is 0 Å². The molecule has 0 aliphatic heterocycles. The van der Waals surface area contributed by atoms with Gasteiger partial charge in [-0.2, -0.15) is 0 Å². The smallest absolute Gasteiger partial charge is 0.320 e. The van der Waals surface area contributed by atoms with E-state index in [0.717, 1.165) is 25.7 Å². The maximum atomic E-state index is 12.8. The fraction of sp³-hybridized carbons (Fsp3) is 0.824. The van der Waals surface area contributed by atoms with E-state index in [1.54, 1.807) is 11.8 Å². The van der Waals surface area contributed by atoms with Crippen LogP contribution in [-0.2, 0) is 14.4 Å². The Morgan fingerprint density at radius 1 is 1.17 bits per heavy atom. The highest BCUT2D eigenvalue weighted by molar-refractivity contribution is 5.80. The second-order valence-electron chi connectivity index (χ2n) is 6.80. The first-order valence-electron chi connectivity index (χ1n) is 8.76. The molecule has 0 heterocycles. The molecule has 0 saturated heterocycles. The van der Waals surface area contributed by atoms with Crippen molar-refractivity contribution in [2.45, 2.75) is 71.5 Å². The minimum absolute atomic E-state index is 0.0344. The average Bonchev–Trinajstić information content (AvgIpc) is 2.98. The van der Waals surface area contributed by atoms with Gasteiger partial charge < -0.3 is 15.3 Å². The molecule has 0 aromatic rings. The predicted octanol–water partition coefficient (Wildman–Crippen LogP) is 1.08. The number of carbonyl (C=O) groups is 3. The highest BCUT2D eigenvalue weighted by atomic mass is 16.4. The van der Waals surface area contributed by atoms with Gasteiger partial charge in [0.25, 0.3) is 0 Å². The molecule has 1 saturated carbocycles. The Balaban J connectivity index is 2.75. The number of rotatable bonds is 9. The normalized spacial score (nSPS) is 16.4. The van der Waals surface area contributed by atoms with Gasteiger partial charge in [-0.1, -0.05) is 12.8 Å². The van der Waals surface area contributed by atoms with E-state index >= 15 is 0 Å². The van der Waals surface area contributed by atoms with Crippen molar-refractivity contribution in [2.75, 3.05) is 19.6 Å². The monoisotopic (exact) mass is 341 g/mol. The number of nitrogens with one attached hydrogen (secondary N) is 1. The molecule has 0 spiro atoms. The lowest BCUT2D eigenvalue weighted by Gasteiger charge is -2.35. The van der Waals surface area contributed by atoms with Crippen LogP contribution in [0.3, 0.4) is 0 Å². The first-order valence-corrected chi connectivity index (χ1v) is 8.76. The largest absolute Gasteiger partial charge is 0.480 e. The van der Waals surface area contributed by atoms with Crippen LogP contribution in [0.25, 0.3) is 0 Å². The molecule has 1 unspecified atom stereocenters. The molecule has 1 fully saturated rings. The quantitative estimate of drug-likeness (QED) is 0.655. The number of carbonyl (C=O) groups excluding carboxylic acids is 2. The summed E-state index contributed by atoms with van der Waals surface area (Å²) in [4.78, 5) is 38.7. The topological polar surface area (TPSA) is 90.0 Å². The third kappa shape index (κ3) is 6.11. The van der Waals surface area contributed by atoms with E-state index in [0.29, 0.717) is 13.1 Å². The lowest BCUT2D eigenvalue weighted by atomic mass is 10.1. The number of carboxylic acid groups (broad SMARTS) is 1. The van der Waals surface area contributed by atoms with Gasteiger partial charge in [0.15, 0.2) is 0 Å². The molecule has 138 valence electrons. The first-order chi connectivity index (χ1) is 11.2. The Hall–Kier alpha value is -1.63. The molecule has 1 aliphatic carbocycles. The maximum absolute atomic E-state index is 12.8. The van der Waals surface area contributed by atoms with Crippen LogP contribution in [0.4, 0.5) is 0 Å². The molecule has 1 rings (SSSR count). The summed E-state index contributed by atoms with van der Waals surface area (Å²) in [6.45, 7) is 7.69. The zero-order valence-electron chi connectivity index (χ0n) is 15.2.